The first kappa shape index (κ1) is 14.4. The molecule has 0 bridgehead atoms. The Balaban J connectivity index is 2.14. The molecule has 2 aromatic rings. The Morgan fingerprint density at radius 2 is 2.16 bits per heavy atom. The summed E-state index contributed by atoms with van der Waals surface area (Å²) in [6.07, 6.45) is 0. The maximum atomic E-state index is 5.97. The number of aromatic nitrogens is 2. The van der Waals surface area contributed by atoms with E-state index in [1.165, 1.54) is 0 Å². The van der Waals surface area contributed by atoms with Gasteiger partial charge in [0.25, 0.3) is 0 Å². The van der Waals surface area contributed by atoms with Gasteiger partial charge in [0.1, 0.15) is 12.4 Å². The van der Waals surface area contributed by atoms with Crippen LogP contribution in [-0.4, -0.2) is 9.78 Å². The van der Waals surface area contributed by atoms with E-state index >= 15 is 0 Å². The number of alkyl halides is 1. The Morgan fingerprint density at radius 3 is 2.84 bits per heavy atom. The molecule has 0 fully saturated rings. The Kier molecular flexibility index (Phi) is 4.88. The van der Waals surface area contributed by atoms with Crippen LogP contribution in [0.4, 0.5) is 0 Å². The zero-order valence-electron chi connectivity index (χ0n) is 11.0. The van der Waals surface area contributed by atoms with Gasteiger partial charge in [-0.1, -0.05) is 27.5 Å². The average molecular weight is 344 g/mol. The number of rotatable bonds is 5. The van der Waals surface area contributed by atoms with Crippen molar-refractivity contribution in [2.45, 2.75) is 32.3 Å². The summed E-state index contributed by atoms with van der Waals surface area (Å²) in [6, 6.07) is 7.70. The summed E-state index contributed by atoms with van der Waals surface area (Å²) in [5.74, 6) is 0.850. The van der Waals surface area contributed by atoms with E-state index < -0.39 is 0 Å². The monoisotopic (exact) mass is 342 g/mol. The van der Waals surface area contributed by atoms with E-state index in [1.807, 2.05) is 35.9 Å². The summed E-state index contributed by atoms with van der Waals surface area (Å²) in [5, 5.41) is 5.84. The molecule has 0 saturated carbocycles. The number of ether oxygens (including phenoxy) is 1. The molecule has 0 aliphatic carbocycles. The molecule has 0 unspecified atom stereocenters. The third-order valence-electron chi connectivity index (χ3n) is 2.83. The van der Waals surface area contributed by atoms with E-state index in [4.69, 9.17) is 16.3 Å². The number of aryl methyl sites for hydroxylation is 2. The molecular weight excluding hydrogens is 328 g/mol. The van der Waals surface area contributed by atoms with E-state index in [2.05, 4.69) is 28.0 Å². The molecule has 5 heteroatoms. The zero-order valence-corrected chi connectivity index (χ0v) is 13.3. The molecule has 0 atom stereocenters. The van der Waals surface area contributed by atoms with E-state index in [1.54, 1.807) is 0 Å². The smallest absolute Gasteiger partial charge is 0.130 e. The number of benzene rings is 1. The minimum absolute atomic E-state index is 0.510. The van der Waals surface area contributed by atoms with Gasteiger partial charge in [0.2, 0.25) is 0 Å². The van der Waals surface area contributed by atoms with E-state index in [9.17, 15) is 0 Å². The summed E-state index contributed by atoms with van der Waals surface area (Å²) in [4.78, 5) is 0. The van der Waals surface area contributed by atoms with Crippen LogP contribution < -0.4 is 4.74 Å². The molecule has 102 valence electrons. The summed E-state index contributed by atoms with van der Waals surface area (Å²) >= 11 is 9.42. The first-order valence-corrected chi connectivity index (χ1v) is 7.64. The molecule has 1 aromatic heterocycles. The Morgan fingerprint density at radius 1 is 1.37 bits per heavy atom. The van der Waals surface area contributed by atoms with E-state index in [0.717, 1.165) is 39.6 Å². The van der Waals surface area contributed by atoms with Gasteiger partial charge < -0.3 is 4.74 Å². The first-order chi connectivity index (χ1) is 9.13. The SMILES string of the molecule is CCn1nc(C)cc1COc1ccc(Cl)cc1CBr. The van der Waals surface area contributed by atoms with Crippen molar-refractivity contribution >= 4 is 27.5 Å². The Bertz CT molecular complexity index is 569. The van der Waals surface area contributed by atoms with Gasteiger partial charge in [-0.2, -0.15) is 5.10 Å². The Hall–Kier alpha value is -1.000. The van der Waals surface area contributed by atoms with Crippen molar-refractivity contribution in [3.63, 3.8) is 0 Å². The lowest BCUT2D eigenvalue weighted by atomic mass is 10.2. The molecule has 3 nitrogen and oxygen atoms in total. The summed E-state index contributed by atoms with van der Waals surface area (Å²) in [7, 11) is 0. The van der Waals surface area contributed by atoms with Crippen molar-refractivity contribution in [3.8, 4) is 5.75 Å². The highest BCUT2D eigenvalue weighted by atomic mass is 79.9. The molecule has 0 radical (unpaired) electrons. The van der Waals surface area contributed by atoms with Gasteiger partial charge in [0.05, 0.1) is 11.4 Å². The van der Waals surface area contributed by atoms with Crippen molar-refractivity contribution < 1.29 is 4.74 Å². The maximum absolute atomic E-state index is 5.97. The van der Waals surface area contributed by atoms with Gasteiger partial charge in [-0.05, 0) is 38.1 Å². The first-order valence-electron chi connectivity index (χ1n) is 6.14. The zero-order chi connectivity index (χ0) is 13.8. The third kappa shape index (κ3) is 3.51. The molecule has 1 aromatic carbocycles. The lowest BCUT2D eigenvalue weighted by molar-refractivity contribution is 0.290. The minimum Gasteiger partial charge on any atom is -0.487 e. The second-order valence-corrected chi connectivity index (χ2v) is 5.26. The fourth-order valence-corrected chi connectivity index (χ4v) is 2.57. The number of nitrogens with zero attached hydrogens (tertiary/aromatic N) is 2. The van der Waals surface area contributed by atoms with Crippen LogP contribution in [0.3, 0.4) is 0 Å². The molecule has 0 spiro atoms. The normalized spacial score (nSPS) is 10.7. The van der Waals surface area contributed by atoms with Gasteiger partial charge in [-0.25, -0.2) is 0 Å². The summed E-state index contributed by atoms with van der Waals surface area (Å²) < 4.78 is 7.83. The molecule has 0 N–H and O–H groups in total. The topological polar surface area (TPSA) is 27.1 Å². The number of hydrogen-bond donors (Lipinski definition) is 0. The summed E-state index contributed by atoms with van der Waals surface area (Å²) in [5.41, 5.74) is 3.14. The minimum atomic E-state index is 0.510. The van der Waals surface area contributed by atoms with Crippen LogP contribution in [0.2, 0.25) is 5.02 Å². The highest BCUT2D eigenvalue weighted by molar-refractivity contribution is 9.08. The average Bonchev–Trinajstić information content (AvgIpc) is 2.77. The molecule has 2 rings (SSSR count). The van der Waals surface area contributed by atoms with Gasteiger partial charge in [-0.3, -0.25) is 4.68 Å². The van der Waals surface area contributed by atoms with Crippen LogP contribution in [0.5, 0.6) is 5.75 Å². The van der Waals surface area contributed by atoms with Gasteiger partial charge in [0, 0.05) is 22.5 Å². The fourth-order valence-electron chi connectivity index (χ4n) is 1.93. The van der Waals surface area contributed by atoms with Gasteiger partial charge >= 0.3 is 0 Å². The second kappa shape index (κ2) is 6.44. The molecule has 0 aliphatic rings. The van der Waals surface area contributed by atoms with Crippen molar-refractivity contribution in [1.82, 2.24) is 9.78 Å². The summed E-state index contributed by atoms with van der Waals surface area (Å²) in [6.45, 7) is 5.42. The fraction of sp³-hybridized carbons (Fsp3) is 0.357. The predicted octanol–water partition coefficient (Wildman–Crippen LogP) is 4.34. The van der Waals surface area contributed by atoms with Crippen LogP contribution in [0.1, 0.15) is 23.9 Å². The van der Waals surface area contributed by atoms with Crippen LogP contribution in [0.25, 0.3) is 0 Å². The third-order valence-corrected chi connectivity index (χ3v) is 3.67. The predicted molar refractivity (Wildman–Crippen MR) is 81.1 cm³/mol. The number of halogens is 2. The molecular formula is C14H16BrClN2O. The lowest BCUT2D eigenvalue weighted by Crippen LogP contribution is -2.06. The van der Waals surface area contributed by atoms with Crippen molar-refractivity contribution in [3.05, 3.63) is 46.2 Å². The lowest BCUT2D eigenvalue weighted by Gasteiger charge is -2.11. The van der Waals surface area contributed by atoms with E-state index in [-0.39, 0.29) is 0 Å². The van der Waals surface area contributed by atoms with Gasteiger partial charge in [0.15, 0.2) is 0 Å². The highest BCUT2D eigenvalue weighted by Crippen LogP contribution is 2.25. The van der Waals surface area contributed by atoms with Crippen LogP contribution in [-0.2, 0) is 18.5 Å². The van der Waals surface area contributed by atoms with Gasteiger partial charge in [-0.15, -0.1) is 0 Å². The van der Waals surface area contributed by atoms with E-state index in [0.29, 0.717) is 6.61 Å². The molecule has 1 heterocycles. The van der Waals surface area contributed by atoms with Crippen LogP contribution >= 0.6 is 27.5 Å². The largest absolute Gasteiger partial charge is 0.487 e. The highest BCUT2D eigenvalue weighted by Gasteiger charge is 2.07. The van der Waals surface area contributed by atoms with Crippen LogP contribution in [0.15, 0.2) is 24.3 Å². The molecule has 19 heavy (non-hydrogen) atoms. The molecule has 0 amide bonds. The maximum Gasteiger partial charge on any atom is 0.130 e. The standard InChI is InChI=1S/C14H16BrClN2O/c1-3-18-13(6-10(2)17-18)9-19-14-5-4-12(16)7-11(14)8-15/h4-7H,3,8-9H2,1-2H3. The van der Waals surface area contributed by atoms with Crippen LogP contribution in [0, 0.1) is 6.92 Å². The molecule has 0 saturated heterocycles. The second-order valence-electron chi connectivity index (χ2n) is 4.27. The Labute approximate surface area is 126 Å². The molecule has 0 aliphatic heterocycles. The van der Waals surface area contributed by atoms with Crippen molar-refractivity contribution in [1.29, 1.82) is 0 Å². The quantitative estimate of drug-likeness (QED) is 0.755. The van der Waals surface area contributed by atoms with Crippen molar-refractivity contribution in [2.75, 3.05) is 0 Å². The number of hydrogen-bond acceptors (Lipinski definition) is 2. The van der Waals surface area contributed by atoms with Crippen molar-refractivity contribution in [2.24, 2.45) is 0 Å².